The topological polar surface area (TPSA) is 91.9 Å². The molecule has 0 spiro atoms. The Morgan fingerprint density at radius 2 is 2.14 bits per heavy atom. The minimum Gasteiger partial charge on any atom is -0.383 e. The number of piperidine rings is 1. The highest BCUT2D eigenvalue weighted by atomic mass is 16.5. The zero-order chi connectivity index (χ0) is 15.6. The average Bonchev–Trinajstić information content (AvgIpc) is 3.04. The lowest BCUT2D eigenvalue weighted by molar-refractivity contribution is -0.0921. The van der Waals surface area contributed by atoms with Crippen LogP contribution in [0.4, 0.5) is 0 Å². The van der Waals surface area contributed by atoms with E-state index in [1.54, 1.807) is 12.4 Å². The molecular formula is C15H24N6O. The maximum absolute atomic E-state index is 6.34. The van der Waals surface area contributed by atoms with Crippen LogP contribution in [0.5, 0.6) is 0 Å². The first-order chi connectivity index (χ1) is 10.6. The summed E-state index contributed by atoms with van der Waals surface area (Å²) < 4.78 is 6.19. The van der Waals surface area contributed by atoms with E-state index in [0.29, 0.717) is 11.7 Å². The molecule has 2 unspecified atom stereocenters. The van der Waals surface area contributed by atoms with Crippen molar-refractivity contribution in [3.05, 3.63) is 18.2 Å². The highest BCUT2D eigenvalue weighted by Crippen LogP contribution is 2.29. The van der Waals surface area contributed by atoms with Gasteiger partial charge in [0.15, 0.2) is 17.8 Å². The molecule has 1 fully saturated rings. The van der Waals surface area contributed by atoms with Crippen molar-refractivity contribution in [2.45, 2.75) is 51.1 Å². The number of aromatic amines is 1. The van der Waals surface area contributed by atoms with Crippen molar-refractivity contribution in [3.63, 3.8) is 0 Å². The molecule has 2 atom stereocenters. The van der Waals surface area contributed by atoms with Crippen LogP contribution in [0.15, 0.2) is 22.4 Å². The number of aromatic nitrogens is 2. The van der Waals surface area contributed by atoms with E-state index in [9.17, 15) is 0 Å². The lowest BCUT2D eigenvalue weighted by Gasteiger charge is -2.44. The Labute approximate surface area is 130 Å². The van der Waals surface area contributed by atoms with Crippen LogP contribution in [-0.4, -0.2) is 51.8 Å². The van der Waals surface area contributed by atoms with Gasteiger partial charge in [0, 0.05) is 25.5 Å². The lowest BCUT2D eigenvalue weighted by atomic mass is 10.0. The molecule has 120 valence electrons. The van der Waals surface area contributed by atoms with E-state index in [1.165, 1.54) is 6.42 Å². The van der Waals surface area contributed by atoms with Crippen molar-refractivity contribution in [1.29, 1.82) is 0 Å². The number of imidazole rings is 1. The fourth-order valence-electron chi connectivity index (χ4n) is 3.04. The van der Waals surface area contributed by atoms with Crippen LogP contribution in [0.3, 0.4) is 0 Å². The summed E-state index contributed by atoms with van der Waals surface area (Å²) in [5, 5.41) is 0. The monoisotopic (exact) mass is 304 g/mol. The maximum atomic E-state index is 6.34. The zero-order valence-electron chi connectivity index (χ0n) is 13.2. The minimum atomic E-state index is -0.822. The summed E-state index contributed by atoms with van der Waals surface area (Å²) in [7, 11) is 0. The van der Waals surface area contributed by atoms with Crippen LogP contribution in [0.2, 0.25) is 0 Å². The molecule has 1 aromatic heterocycles. The van der Waals surface area contributed by atoms with Gasteiger partial charge in [0.1, 0.15) is 0 Å². The highest BCUT2D eigenvalue weighted by molar-refractivity contribution is 6.05. The Morgan fingerprint density at radius 3 is 2.73 bits per heavy atom. The maximum Gasteiger partial charge on any atom is 0.216 e. The number of hydrogen-bond donors (Lipinski definition) is 2. The Hall–Kier alpha value is -1.73. The Bertz CT molecular complexity index is 546. The van der Waals surface area contributed by atoms with Gasteiger partial charge in [-0.15, -0.1) is 0 Å². The van der Waals surface area contributed by atoms with Gasteiger partial charge in [-0.05, 0) is 26.7 Å². The van der Waals surface area contributed by atoms with Crippen LogP contribution in [0, 0.1) is 0 Å². The number of amidine groups is 1. The molecule has 2 aliphatic rings. The van der Waals surface area contributed by atoms with E-state index in [0.717, 1.165) is 25.9 Å². The van der Waals surface area contributed by atoms with Crippen molar-refractivity contribution in [2.24, 2.45) is 15.7 Å². The van der Waals surface area contributed by atoms with Crippen molar-refractivity contribution in [2.75, 3.05) is 13.1 Å². The molecule has 3 heterocycles. The summed E-state index contributed by atoms with van der Waals surface area (Å²) in [6.07, 6.45) is 8.41. The number of nitrogens with one attached hydrogen (secondary N) is 1. The van der Waals surface area contributed by atoms with Gasteiger partial charge in [-0.3, -0.25) is 9.89 Å². The minimum absolute atomic E-state index is 0.0299. The summed E-state index contributed by atoms with van der Waals surface area (Å²) in [5.74, 6) is 1.15. The second-order valence-electron chi connectivity index (χ2n) is 6.05. The number of H-pyrrole nitrogens is 1. The molecular weight excluding hydrogens is 280 g/mol. The lowest BCUT2D eigenvalue weighted by Crippen LogP contribution is -2.63. The van der Waals surface area contributed by atoms with Crippen LogP contribution in [-0.2, 0) is 4.74 Å². The molecule has 1 aromatic rings. The van der Waals surface area contributed by atoms with E-state index >= 15 is 0 Å². The molecule has 0 amide bonds. The Balaban J connectivity index is 1.90. The summed E-state index contributed by atoms with van der Waals surface area (Å²) in [6.45, 7) is 5.90. The number of hydrogen-bond acceptors (Lipinski definition) is 6. The molecule has 3 rings (SSSR count). The largest absolute Gasteiger partial charge is 0.383 e. The summed E-state index contributed by atoms with van der Waals surface area (Å²) in [6, 6.07) is 0. The number of likely N-dealkylation sites (tertiary alicyclic amines) is 1. The third kappa shape index (κ3) is 2.78. The van der Waals surface area contributed by atoms with Gasteiger partial charge in [0.05, 0.1) is 12.3 Å². The zero-order valence-corrected chi connectivity index (χ0v) is 13.2. The van der Waals surface area contributed by atoms with Gasteiger partial charge in [0.2, 0.25) is 5.72 Å². The number of nitrogens with zero attached hydrogens (tertiary/aromatic N) is 4. The molecule has 2 aliphatic heterocycles. The van der Waals surface area contributed by atoms with Crippen LogP contribution in [0.1, 0.15) is 45.1 Å². The standard InChI is InChI=1S/C15H24N6O/c1-11(2)22-15(21-8-4-3-5-9-21)10-19-13(20-14(15)16)12-17-6-7-18-12/h6-7,10-11,13H,3-5,8-9H2,1-2H3,(H2,16,20)(H,17,18). The molecule has 0 aromatic carbocycles. The molecule has 0 bridgehead atoms. The first-order valence-electron chi connectivity index (χ1n) is 7.92. The molecule has 0 aliphatic carbocycles. The van der Waals surface area contributed by atoms with Crippen LogP contribution < -0.4 is 5.73 Å². The van der Waals surface area contributed by atoms with E-state index in [-0.39, 0.29) is 6.10 Å². The molecule has 3 N–H and O–H groups in total. The molecule has 1 saturated heterocycles. The fourth-order valence-corrected chi connectivity index (χ4v) is 3.04. The van der Waals surface area contributed by atoms with Crippen molar-refractivity contribution in [1.82, 2.24) is 14.9 Å². The molecule has 0 radical (unpaired) electrons. The average molecular weight is 304 g/mol. The highest BCUT2D eigenvalue weighted by Gasteiger charge is 2.44. The van der Waals surface area contributed by atoms with E-state index < -0.39 is 11.9 Å². The molecule has 7 heteroatoms. The van der Waals surface area contributed by atoms with Crippen LogP contribution >= 0.6 is 0 Å². The number of ether oxygens (including phenoxy) is 1. The van der Waals surface area contributed by atoms with E-state index in [1.807, 2.05) is 20.1 Å². The molecule has 0 saturated carbocycles. The van der Waals surface area contributed by atoms with Crippen molar-refractivity contribution < 1.29 is 4.74 Å². The number of nitrogens with two attached hydrogens (primary N) is 1. The van der Waals surface area contributed by atoms with Gasteiger partial charge >= 0.3 is 0 Å². The number of rotatable bonds is 4. The summed E-state index contributed by atoms with van der Waals surface area (Å²) in [4.78, 5) is 18.6. The quantitative estimate of drug-likeness (QED) is 0.881. The summed E-state index contributed by atoms with van der Waals surface area (Å²) in [5.41, 5.74) is 5.52. The van der Waals surface area contributed by atoms with Crippen molar-refractivity contribution >= 4 is 12.1 Å². The predicted octanol–water partition coefficient (Wildman–Crippen LogP) is 1.46. The van der Waals surface area contributed by atoms with E-state index in [2.05, 4.69) is 24.9 Å². The van der Waals surface area contributed by atoms with Gasteiger partial charge in [-0.2, -0.15) is 0 Å². The molecule has 7 nitrogen and oxygen atoms in total. The third-order valence-electron chi connectivity index (χ3n) is 4.02. The normalized spacial score (nSPS) is 29.8. The molecule has 22 heavy (non-hydrogen) atoms. The van der Waals surface area contributed by atoms with Gasteiger partial charge in [0.25, 0.3) is 0 Å². The Morgan fingerprint density at radius 1 is 1.36 bits per heavy atom. The Kier molecular flexibility index (Phi) is 4.26. The summed E-state index contributed by atoms with van der Waals surface area (Å²) >= 11 is 0. The first kappa shape index (κ1) is 15.2. The fraction of sp³-hybridized carbons (Fsp3) is 0.667. The smallest absolute Gasteiger partial charge is 0.216 e. The number of aliphatic imine (C=N–C) groups is 2. The SMILES string of the molecule is CC(C)OC1(N2CCCCC2)C=NC(c2ncc[nH]2)N=C1N. The van der Waals surface area contributed by atoms with Crippen molar-refractivity contribution in [3.8, 4) is 0 Å². The van der Waals surface area contributed by atoms with Crippen LogP contribution in [0.25, 0.3) is 0 Å². The third-order valence-corrected chi connectivity index (χ3v) is 4.02. The van der Waals surface area contributed by atoms with Gasteiger partial charge in [-0.25, -0.2) is 9.98 Å². The first-order valence-corrected chi connectivity index (χ1v) is 7.92. The second kappa shape index (κ2) is 6.18. The van der Waals surface area contributed by atoms with Gasteiger partial charge < -0.3 is 15.5 Å². The predicted molar refractivity (Wildman–Crippen MR) is 85.8 cm³/mol. The second-order valence-corrected chi connectivity index (χ2v) is 6.05. The van der Waals surface area contributed by atoms with Gasteiger partial charge in [-0.1, -0.05) is 6.42 Å². The van der Waals surface area contributed by atoms with E-state index in [4.69, 9.17) is 10.5 Å².